The van der Waals surface area contributed by atoms with Crippen molar-refractivity contribution < 1.29 is 9.53 Å². The van der Waals surface area contributed by atoms with Crippen molar-refractivity contribution in [3.8, 4) is 11.4 Å². The lowest BCUT2D eigenvalue weighted by Gasteiger charge is -2.29. The van der Waals surface area contributed by atoms with Gasteiger partial charge in [0.25, 0.3) is 0 Å². The number of rotatable bonds is 6. The van der Waals surface area contributed by atoms with Gasteiger partial charge >= 0.3 is 0 Å². The van der Waals surface area contributed by atoms with Crippen LogP contribution < -0.4 is 20.3 Å². The van der Waals surface area contributed by atoms with Gasteiger partial charge in [-0.2, -0.15) is 0 Å². The summed E-state index contributed by atoms with van der Waals surface area (Å²) in [5, 5.41) is 7.14. The summed E-state index contributed by atoms with van der Waals surface area (Å²) < 4.78 is 9.04. The molecule has 1 amide bonds. The van der Waals surface area contributed by atoms with Crippen LogP contribution >= 0.6 is 28.1 Å². The van der Waals surface area contributed by atoms with E-state index in [9.17, 15) is 4.79 Å². The predicted molar refractivity (Wildman–Crippen MR) is 172 cm³/mol. The first kappa shape index (κ1) is 28.8. The van der Waals surface area contributed by atoms with E-state index in [0.717, 1.165) is 38.5 Å². The van der Waals surface area contributed by atoms with Gasteiger partial charge in [0.2, 0.25) is 5.91 Å². The zero-order valence-corrected chi connectivity index (χ0v) is 26.4. The standard InChI is InChI=1S/C32H34BrN5O2S/c1-19-17-24(20(2)37(19)22-12-10-21(33)11-13-22)29-28(26-9-7-8-16-34-26)36-31(41)38(29)23-14-15-25(27(18-23)40-6)35-30(39)32(3,4)5/h7-18,28-29H,1-6H3,(H,35,39)(H,36,41)/t28-,29+/m1/s1. The quantitative estimate of drug-likeness (QED) is 0.216. The number of amides is 1. The van der Waals surface area contributed by atoms with E-state index in [1.54, 1.807) is 13.3 Å². The van der Waals surface area contributed by atoms with Gasteiger partial charge in [0.1, 0.15) is 5.75 Å². The van der Waals surface area contributed by atoms with E-state index in [1.165, 1.54) is 0 Å². The Morgan fingerprint density at radius 1 is 1.05 bits per heavy atom. The van der Waals surface area contributed by atoms with Gasteiger partial charge < -0.3 is 24.8 Å². The van der Waals surface area contributed by atoms with Gasteiger partial charge in [0.15, 0.2) is 5.11 Å². The molecule has 3 heterocycles. The van der Waals surface area contributed by atoms with Gasteiger partial charge in [0.05, 0.1) is 30.6 Å². The van der Waals surface area contributed by atoms with Crippen molar-refractivity contribution in [1.29, 1.82) is 0 Å². The zero-order valence-electron chi connectivity index (χ0n) is 24.0. The van der Waals surface area contributed by atoms with Crippen LogP contribution in [0.3, 0.4) is 0 Å². The number of carbonyl (C=O) groups is 1. The van der Waals surface area contributed by atoms with Gasteiger partial charge in [-0.25, -0.2) is 0 Å². The van der Waals surface area contributed by atoms with Gasteiger partial charge in [-0.3, -0.25) is 9.78 Å². The molecule has 2 aromatic heterocycles. The summed E-state index contributed by atoms with van der Waals surface area (Å²) in [6, 6.07) is 21.9. The average Bonchev–Trinajstić information content (AvgIpc) is 3.44. The van der Waals surface area contributed by atoms with Gasteiger partial charge in [-0.15, -0.1) is 0 Å². The molecule has 7 nitrogen and oxygen atoms in total. The van der Waals surface area contributed by atoms with Crippen molar-refractivity contribution in [2.75, 3.05) is 17.3 Å². The van der Waals surface area contributed by atoms with Crippen molar-refractivity contribution >= 4 is 50.5 Å². The Kier molecular flexibility index (Phi) is 7.94. The predicted octanol–water partition coefficient (Wildman–Crippen LogP) is 7.42. The Hall–Kier alpha value is -3.69. The molecule has 0 spiro atoms. The maximum Gasteiger partial charge on any atom is 0.229 e. The van der Waals surface area contributed by atoms with Gasteiger partial charge in [0, 0.05) is 44.9 Å². The highest BCUT2D eigenvalue weighted by Crippen LogP contribution is 2.45. The maximum absolute atomic E-state index is 12.7. The Labute approximate surface area is 255 Å². The summed E-state index contributed by atoms with van der Waals surface area (Å²) in [4.78, 5) is 19.5. The van der Waals surface area contributed by atoms with Crippen LogP contribution in [0.15, 0.2) is 77.4 Å². The van der Waals surface area contributed by atoms with Crippen molar-refractivity contribution in [3.63, 3.8) is 0 Å². The number of nitrogens with zero attached hydrogens (tertiary/aromatic N) is 3. The fourth-order valence-electron chi connectivity index (χ4n) is 5.27. The number of methoxy groups -OCH3 is 1. The minimum Gasteiger partial charge on any atom is -0.494 e. The second-order valence-corrected chi connectivity index (χ2v) is 12.5. The smallest absolute Gasteiger partial charge is 0.229 e. The largest absolute Gasteiger partial charge is 0.494 e. The van der Waals surface area contributed by atoms with E-state index < -0.39 is 5.41 Å². The lowest BCUT2D eigenvalue weighted by atomic mass is 9.95. The number of ether oxygens (including phenoxy) is 1. The number of carbonyl (C=O) groups excluding carboxylic acids is 1. The normalized spacial score (nSPS) is 17.0. The average molecular weight is 633 g/mol. The van der Waals surface area contributed by atoms with Crippen molar-refractivity contribution in [2.45, 2.75) is 46.7 Å². The number of halogens is 1. The molecule has 1 saturated heterocycles. The number of hydrogen-bond donors (Lipinski definition) is 2. The third-order valence-electron chi connectivity index (χ3n) is 7.36. The Bertz CT molecular complexity index is 1600. The van der Waals surface area contributed by atoms with Crippen LogP contribution in [-0.4, -0.2) is 27.7 Å². The highest BCUT2D eigenvalue weighted by molar-refractivity contribution is 9.10. The molecule has 1 aliphatic rings. The molecular weight excluding hydrogens is 598 g/mol. The molecule has 1 fully saturated rings. The molecule has 212 valence electrons. The molecule has 9 heteroatoms. The van der Waals surface area contributed by atoms with E-state index in [4.69, 9.17) is 21.9 Å². The molecule has 0 unspecified atom stereocenters. The Morgan fingerprint density at radius 3 is 2.39 bits per heavy atom. The summed E-state index contributed by atoms with van der Waals surface area (Å²) in [5.41, 5.74) is 6.29. The molecule has 0 bridgehead atoms. The molecule has 41 heavy (non-hydrogen) atoms. The molecule has 1 aliphatic heterocycles. The molecule has 2 aromatic carbocycles. The van der Waals surface area contributed by atoms with Crippen LogP contribution in [0.5, 0.6) is 5.75 Å². The second kappa shape index (κ2) is 11.3. The lowest BCUT2D eigenvalue weighted by molar-refractivity contribution is -0.123. The minimum absolute atomic E-state index is 0.0876. The van der Waals surface area contributed by atoms with Crippen LogP contribution in [0.4, 0.5) is 11.4 Å². The molecule has 2 N–H and O–H groups in total. The number of benzene rings is 2. The second-order valence-electron chi connectivity index (χ2n) is 11.2. The van der Waals surface area contributed by atoms with Crippen LogP contribution in [0.25, 0.3) is 5.69 Å². The van der Waals surface area contributed by atoms with Crippen molar-refractivity contribution in [1.82, 2.24) is 14.9 Å². The summed E-state index contributed by atoms with van der Waals surface area (Å²) >= 11 is 9.51. The lowest BCUT2D eigenvalue weighted by Crippen LogP contribution is -2.30. The maximum atomic E-state index is 12.7. The molecular formula is C32H34BrN5O2S. The molecule has 5 rings (SSSR count). The fourth-order valence-corrected chi connectivity index (χ4v) is 5.88. The van der Waals surface area contributed by atoms with Crippen LogP contribution in [0, 0.1) is 19.3 Å². The third-order valence-corrected chi connectivity index (χ3v) is 8.21. The Morgan fingerprint density at radius 2 is 1.76 bits per heavy atom. The molecule has 4 aromatic rings. The summed E-state index contributed by atoms with van der Waals surface area (Å²) in [6.45, 7) is 9.90. The van der Waals surface area contributed by atoms with E-state index in [0.29, 0.717) is 16.5 Å². The summed E-state index contributed by atoms with van der Waals surface area (Å²) in [7, 11) is 1.60. The van der Waals surface area contributed by atoms with E-state index in [2.05, 4.69) is 80.2 Å². The highest BCUT2D eigenvalue weighted by Gasteiger charge is 2.42. The van der Waals surface area contributed by atoms with E-state index in [1.807, 2.05) is 57.2 Å². The fraction of sp³-hybridized carbons (Fsp3) is 0.281. The van der Waals surface area contributed by atoms with Gasteiger partial charge in [-0.1, -0.05) is 42.8 Å². The molecule has 0 radical (unpaired) electrons. The zero-order chi connectivity index (χ0) is 29.5. The third kappa shape index (κ3) is 5.61. The van der Waals surface area contributed by atoms with Crippen LogP contribution in [-0.2, 0) is 4.79 Å². The monoisotopic (exact) mass is 631 g/mol. The van der Waals surface area contributed by atoms with E-state index in [-0.39, 0.29) is 18.0 Å². The summed E-state index contributed by atoms with van der Waals surface area (Å²) in [6.07, 6.45) is 1.81. The minimum atomic E-state index is -0.539. The van der Waals surface area contributed by atoms with E-state index >= 15 is 0 Å². The first-order chi connectivity index (χ1) is 19.5. The number of hydrogen-bond acceptors (Lipinski definition) is 4. The number of nitrogens with one attached hydrogen (secondary N) is 2. The Balaban J connectivity index is 1.62. The van der Waals surface area contributed by atoms with Gasteiger partial charge in [-0.05, 0) is 86.2 Å². The first-order valence-electron chi connectivity index (χ1n) is 13.4. The van der Waals surface area contributed by atoms with Crippen LogP contribution in [0.1, 0.15) is 55.5 Å². The summed E-state index contributed by atoms with van der Waals surface area (Å²) in [5.74, 6) is 0.471. The SMILES string of the molecule is COc1cc(N2C(=S)N[C@H](c3ccccn3)[C@@H]2c2cc(C)n(-c3ccc(Br)cc3)c2C)ccc1NC(=O)C(C)(C)C. The number of aromatic nitrogens is 2. The number of pyridine rings is 1. The van der Waals surface area contributed by atoms with Crippen LogP contribution in [0.2, 0.25) is 0 Å². The number of thiocarbonyl (C=S) groups is 1. The topological polar surface area (TPSA) is 71.4 Å². The molecule has 2 atom stereocenters. The van der Waals surface area contributed by atoms with Crippen molar-refractivity contribution in [2.24, 2.45) is 5.41 Å². The first-order valence-corrected chi connectivity index (χ1v) is 14.6. The molecule has 0 aliphatic carbocycles. The molecule has 0 saturated carbocycles. The van der Waals surface area contributed by atoms with Crippen molar-refractivity contribution in [3.05, 3.63) is 100 Å². The number of aryl methyl sites for hydroxylation is 1. The number of anilines is 2. The highest BCUT2D eigenvalue weighted by atomic mass is 79.9.